The number of ether oxygens (including phenoxy) is 1. The van der Waals surface area contributed by atoms with E-state index < -0.39 is 0 Å². The standard InChI is InChI=1S/C17H19ClN2O3/c1-2-16(21)20-7-4-12(5-8-20)23-15-9-11-3-6-19-17(22)13(11)10-14(15)18/h3,6,9-10,12H,2,4-5,7-8H2,1H3,(H,19,22). The zero-order valence-electron chi connectivity index (χ0n) is 13.0. The third kappa shape index (κ3) is 3.34. The number of benzene rings is 1. The van der Waals surface area contributed by atoms with E-state index in [4.69, 9.17) is 16.3 Å². The molecule has 0 radical (unpaired) electrons. The second-order valence-electron chi connectivity index (χ2n) is 5.73. The third-order valence-electron chi connectivity index (χ3n) is 4.22. The van der Waals surface area contributed by atoms with Gasteiger partial charge in [0.05, 0.1) is 5.02 Å². The molecule has 3 rings (SSSR count). The van der Waals surface area contributed by atoms with Gasteiger partial charge in [0.15, 0.2) is 0 Å². The molecule has 2 heterocycles. The number of hydrogen-bond donors (Lipinski definition) is 1. The van der Waals surface area contributed by atoms with E-state index in [9.17, 15) is 9.59 Å². The maximum absolute atomic E-state index is 11.8. The molecule has 0 aliphatic carbocycles. The van der Waals surface area contributed by atoms with Crippen molar-refractivity contribution in [2.45, 2.75) is 32.3 Å². The van der Waals surface area contributed by atoms with E-state index in [0.717, 1.165) is 18.2 Å². The summed E-state index contributed by atoms with van der Waals surface area (Å²) in [5.41, 5.74) is -0.165. The van der Waals surface area contributed by atoms with Crippen molar-refractivity contribution in [2.75, 3.05) is 13.1 Å². The van der Waals surface area contributed by atoms with Crippen molar-refractivity contribution >= 4 is 28.3 Å². The van der Waals surface area contributed by atoms with Crippen molar-refractivity contribution < 1.29 is 9.53 Å². The number of nitrogens with zero attached hydrogens (tertiary/aromatic N) is 1. The second kappa shape index (κ2) is 6.62. The van der Waals surface area contributed by atoms with Gasteiger partial charge < -0.3 is 14.6 Å². The van der Waals surface area contributed by atoms with E-state index in [0.29, 0.717) is 35.7 Å². The average Bonchev–Trinajstić information content (AvgIpc) is 2.56. The summed E-state index contributed by atoms with van der Waals surface area (Å²) in [4.78, 5) is 28.0. The van der Waals surface area contributed by atoms with Gasteiger partial charge in [0.25, 0.3) is 5.56 Å². The molecule has 1 N–H and O–H groups in total. The molecule has 0 bridgehead atoms. The Bertz CT molecular complexity index is 779. The minimum absolute atomic E-state index is 0.0350. The first-order valence-corrected chi connectivity index (χ1v) is 8.21. The summed E-state index contributed by atoms with van der Waals surface area (Å²) in [6.45, 7) is 3.30. The highest BCUT2D eigenvalue weighted by atomic mass is 35.5. The first-order chi connectivity index (χ1) is 11.1. The monoisotopic (exact) mass is 334 g/mol. The average molecular weight is 335 g/mol. The Balaban J connectivity index is 1.74. The summed E-state index contributed by atoms with van der Waals surface area (Å²) in [6, 6.07) is 5.26. The number of rotatable bonds is 3. The van der Waals surface area contributed by atoms with Crippen LogP contribution in [0, 0.1) is 0 Å². The van der Waals surface area contributed by atoms with Crippen molar-refractivity contribution in [2.24, 2.45) is 0 Å². The maximum atomic E-state index is 11.8. The molecule has 0 atom stereocenters. The lowest BCUT2D eigenvalue weighted by molar-refractivity contribution is -0.132. The van der Waals surface area contributed by atoms with Gasteiger partial charge in [-0.25, -0.2) is 0 Å². The van der Waals surface area contributed by atoms with Gasteiger partial charge in [-0.15, -0.1) is 0 Å². The Kier molecular flexibility index (Phi) is 4.57. The number of amides is 1. The van der Waals surface area contributed by atoms with Crippen LogP contribution in [-0.2, 0) is 4.79 Å². The fraction of sp³-hybridized carbons (Fsp3) is 0.412. The molecule has 1 fully saturated rings. The lowest BCUT2D eigenvalue weighted by Crippen LogP contribution is -2.41. The summed E-state index contributed by atoms with van der Waals surface area (Å²) in [5.74, 6) is 0.774. The highest BCUT2D eigenvalue weighted by molar-refractivity contribution is 6.32. The molecule has 2 aromatic rings. The summed E-state index contributed by atoms with van der Waals surface area (Å²) in [5, 5.41) is 1.78. The van der Waals surface area contributed by atoms with Crippen molar-refractivity contribution in [3.05, 3.63) is 39.8 Å². The van der Waals surface area contributed by atoms with Gasteiger partial charge in [-0.2, -0.15) is 0 Å². The molecule has 1 amide bonds. The molecule has 1 saturated heterocycles. The number of hydrogen-bond acceptors (Lipinski definition) is 3. The van der Waals surface area contributed by atoms with Gasteiger partial charge in [-0.1, -0.05) is 18.5 Å². The SMILES string of the molecule is CCC(=O)N1CCC(Oc2cc3cc[nH]c(=O)c3cc2Cl)CC1. The van der Waals surface area contributed by atoms with E-state index in [-0.39, 0.29) is 17.6 Å². The van der Waals surface area contributed by atoms with Gasteiger partial charge in [-0.3, -0.25) is 9.59 Å². The van der Waals surface area contributed by atoms with E-state index in [1.54, 1.807) is 18.3 Å². The predicted molar refractivity (Wildman–Crippen MR) is 90.1 cm³/mol. The summed E-state index contributed by atoms with van der Waals surface area (Å²) >= 11 is 6.25. The van der Waals surface area contributed by atoms with Crippen LogP contribution < -0.4 is 10.3 Å². The number of aromatic amines is 1. The zero-order chi connectivity index (χ0) is 16.4. The lowest BCUT2D eigenvalue weighted by atomic mass is 10.1. The Hall–Kier alpha value is -2.01. The van der Waals surface area contributed by atoms with Crippen molar-refractivity contribution in [3.8, 4) is 5.75 Å². The van der Waals surface area contributed by atoms with Crippen LogP contribution in [0.3, 0.4) is 0 Å². The van der Waals surface area contributed by atoms with Gasteiger partial charge in [0.1, 0.15) is 11.9 Å². The van der Waals surface area contributed by atoms with Crippen molar-refractivity contribution in [3.63, 3.8) is 0 Å². The fourth-order valence-electron chi connectivity index (χ4n) is 2.91. The molecule has 0 unspecified atom stereocenters. The van der Waals surface area contributed by atoms with Crippen molar-refractivity contribution in [1.82, 2.24) is 9.88 Å². The molecule has 0 saturated carbocycles. The lowest BCUT2D eigenvalue weighted by Gasteiger charge is -2.32. The van der Waals surface area contributed by atoms with Crippen molar-refractivity contribution in [1.29, 1.82) is 0 Å². The molecular weight excluding hydrogens is 316 g/mol. The minimum Gasteiger partial charge on any atom is -0.489 e. The van der Waals surface area contributed by atoms with Crippen LogP contribution in [0.2, 0.25) is 5.02 Å². The smallest absolute Gasteiger partial charge is 0.255 e. The minimum atomic E-state index is -0.165. The first-order valence-electron chi connectivity index (χ1n) is 7.84. The number of halogens is 1. The predicted octanol–water partition coefficient (Wildman–Crippen LogP) is 2.96. The van der Waals surface area contributed by atoms with Crippen LogP contribution in [0.4, 0.5) is 0 Å². The number of carbonyl (C=O) groups excluding carboxylic acids is 1. The van der Waals surface area contributed by atoms with Gasteiger partial charge in [0, 0.05) is 43.9 Å². The molecule has 1 aliphatic rings. The van der Waals surface area contributed by atoms with Crippen LogP contribution in [0.5, 0.6) is 5.75 Å². The van der Waals surface area contributed by atoms with Crippen LogP contribution >= 0.6 is 11.6 Å². The number of nitrogens with one attached hydrogen (secondary N) is 1. The van der Waals surface area contributed by atoms with Crippen LogP contribution in [0.25, 0.3) is 10.8 Å². The normalized spacial score (nSPS) is 15.8. The zero-order valence-corrected chi connectivity index (χ0v) is 13.7. The van der Waals surface area contributed by atoms with Crippen LogP contribution in [-0.4, -0.2) is 35.0 Å². The van der Waals surface area contributed by atoms with E-state index >= 15 is 0 Å². The number of aromatic nitrogens is 1. The molecule has 122 valence electrons. The molecule has 5 nitrogen and oxygen atoms in total. The number of pyridine rings is 1. The third-order valence-corrected chi connectivity index (χ3v) is 4.51. The second-order valence-corrected chi connectivity index (χ2v) is 6.14. The summed E-state index contributed by atoms with van der Waals surface area (Å²) in [6.07, 6.45) is 3.76. The van der Waals surface area contributed by atoms with E-state index in [1.165, 1.54) is 0 Å². The quantitative estimate of drug-likeness (QED) is 0.938. The molecule has 6 heteroatoms. The van der Waals surface area contributed by atoms with Gasteiger partial charge >= 0.3 is 0 Å². The number of piperidine rings is 1. The van der Waals surface area contributed by atoms with Gasteiger partial charge in [-0.05, 0) is 23.6 Å². The molecule has 1 aromatic heterocycles. The Morgan fingerprint density at radius 3 is 2.83 bits per heavy atom. The molecule has 1 aliphatic heterocycles. The number of carbonyl (C=O) groups is 1. The fourth-order valence-corrected chi connectivity index (χ4v) is 3.11. The highest BCUT2D eigenvalue weighted by Crippen LogP contribution is 2.31. The number of fused-ring (bicyclic) bond motifs is 1. The number of likely N-dealkylation sites (tertiary alicyclic amines) is 1. The molecular formula is C17H19ClN2O3. The van der Waals surface area contributed by atoms with Crippen LogP contribution in [0.1, 0.15) is 26.2 Å². The van der Waals surface area contributed by atoms with E-state index in [2.05, 4.69) is 4.98 Å². The first kappa shape index (κ1) is 15.9. The van der Waals surface area contributed by atoms with Crippen LogP contribution in [0.15, 0.2) is 29.2 Å². The van der Waals surface area contributed by atoms with Gasteiger partial charge in [0.2, 0.25) is 5.91 Å². The Morgan fingerprint density at radius 1 is 1.39 bits per heavy atom. The molecule has 23 heavy (non-hydrogen) atoms. The maximum Gasteiger partial charge on any atom is 0.255 e. The Morgan fingerprint density at radius 2 is 2.13 bits per heavy atom. The summed E-state index contributed by atoms with van der Waals surface area (Å²) in [7, 11) is 0. The van der Waals surface area contributed by atoms with E-state index in [1.807, 2.05) is 17.9 Å². The molecule has 0 spiro atoms. The summed E-state index contributed by atoms with van der Waals surface area (Å²) < 4.78 is 6.01. The highest BCUT2D eigenvalue weighted by Gasteiger charge is 2.23. The topological polar surface area (TPSA) is 62.4 Å². The Labute approximate surface area is 139 Å². The number of H-pyrrole nitrogens is 1. The largest absolute Gasteiger partial charge is 0.489 e. The molecule has 1 aromatic carbocycles.